The summed E-state index contributed by atoms with van der Waals surface area (Å²) in [5, 5.41) is 0. The van der Waals surface area contributed by atoms with Crippen LogP contribution < -0.4 is 15.2 Å². The number of benzene rings is 1. The number of halogens is 3. The number of rotatable bonds is 10. The van der Waals surface area contributed by atoms with Gasteiger partial charge in [-0.15, -0.1) is 0 Å². The minimum absolute atomic E-state index is 0.00872. The highest BCUT2D eigenvalue weighted by molar-refractivity contribution is 5.56. The molecule has 0 atom stereocenters. The van der Waals surface area contributed by atoms with Crippen molar-refractivity contribution in [1.29, 1.82) is 0 Å². The fourth-order valence-electron chi connectivity index (χ4n) is 1.45. The van der Waals surface area contributed by atoms with Gasteiger partial charge in [-0.2, -0.15) is 8.78 Å². The molecule has 1 rings (SSSR count). The second-order valence-electron chi connectivity index (χ2n) is 4.01. The van der Waals surface area contributed by atoms with Gasteiger partial charge in [0.05, 0.1) is 25.5 Å². The first kappa shape index (κ1) is 17.4. The van der Waals surface area contributed by atoms with Gasteiger partial charge in [0.2, 0.25) is 0 Å². The minimum Gasteiger partial charge on any atom is -0.491 e. The van der Waals surface area contributed by atoms with Crippen LogP contribution in [0.1, 0.15) is 6.42 Å². The van der Waals surface area contributed by atoms with Crippen molar-refractivity contribution in [3.05, 3.63) is 17.9 Å². The first-order valence-electron chi connectivity index (χ1n) is 6.28. The number of ether oxygens (including phenoxy) is 4. The highest BCUT2D eigenvalue weighted by atomic mass is 19.3. The van der Waals surface area contributed by atoms with Crippen LogP contribution in [0, 0.1) is 5.82 Å². The molecule has 5 nitrogen and oxygen atoms in total. The van der Waals surface area contributed by atoms with Gasteiger partial charge in [-0.3, -0.25) is 0 Å². The first-order chi connectivity index (χ1) is 10.0. The molecule has 0 saturated heterocycles. The van der Waals surface area contributed by atoms with Gasteiger partial charge in [0.1, 0.15) is 5.75 Å². The summed E-state index contributed by atoms with van der Waals surface area (Å²) in [5.41, 5.74) is 5.55. The fraction of sp³-hybridized carbons (Fsp3) is 0.538. The number of nitrogen functional groups attached to an aromatic ring is 1. The fourth-order valence-corrected chi connectivity index (χ4v) is 1.45. The largest absolute Gasteiger partial charge is 0.491 e. The average molecular weight is 309 g/mol. The van der Waals surface area contributed by atoms with Crippen LogP contribution >= 0.6 is 0 Å². The van der Waals surface area contributed by atoms with Crippen molar-refractivity contribution in [2.24, 2.45) is 0 Å². The molecule has 0 aliphatic rings. The maximum atomic E-state index is 13.3. The Hall–Kier alpha value is -1.67. The predicted molar refractivity (Wildman–Crippen MR) is 70.3 cm³/mol. The van der Waals surface area contributed by atoms with E-state index in [-0.39, 0.29) is 18.0 Å². The Kier molecular flexibility index (Phi) is 7.70. The first-order valence-corrected chi connectivity index (χ1v) is 6.28. The third-order valence-corrected chi connectivity index (χ3v) is 2.40. The smallest absolute Gasteiger partial charge is 0.387 e. The molecule has 21 heavy (non-hydrogen) atoms. The van der Waals surface area contributed by atoms with Crippen molar-refractivity contribution in [2.75, 3.05) is 39.3 Å². The second-order valence-corrected chi connectivity index (χ2v) is 4.01. The van der Waals surface area contributed by atoms with E-state index in [0.717, 1.165) is 12.1 Å². The molecule has 0 aliphatic heterocycles. The lowest BCUT2D eigenvalue weighted by molar-refractivity contribution is -0.0522. The lowest BCUT2D eigenvalue weighted by Crippen LogP contribution is -2.08. The highest BCUT2D eigenvalue weighted by Gasteiger charge is 2.14. The molecular formula is C13H18F3NO4. The number of alkyl halides is 2. The Bertz CT molecular complexity index is 432. The van der Waals surface area contributed by atoms with Gasteiger partial charge in [-0.25, -0.2) is 4.39 Å². The van der Waals surface area contributed by atoms with E-state index in [1.54, 1.807) is 7.11 Å². The molecule has 0 unspecified atom stereocenters. The van der Waals surface area contributed by atoms with Crippen LogP contribution in [0.2, 0.25) is 0 Å². The summed E-state index contributed by atoms with van der Waals surface area (Å²) in [7, 11) is 1.57. The Morgan fingerprint density at radius 2 is 1.86 bits per heavy atom. The SMILES string of the molecule is COCCOCCCOc1cc(OC(F)F)c(F)cc1N. The van der Waals surface area contributed by atoms with Crippen molar-refractivity contribution in [3.63, 3.8) is 0 Å². The van der Waals surface area contributed by atoms with E-state index in [0.29, 0.717) is 26.2 Å². The van der Waals surface area contributed by atoms with Gasteiger partial charge < -0.3 is 24.7 Å². The Balaban J connectivity index is 2.43. The van der Waals surface area contributed by atoms with Crippen molar-refractivity contribution in [1.82, 2.24) is 0 Å². The summed E-state index contributed by atoms with van der Waals surface area (Å²) >= 11 is 0. The Labute approximate surface area is 120 Å². The van der Waals surface area contributed by atoms with Crippen LogP contribution in [0.5, 0.6) is 11.5 Å². The Morgan fingerprint density at radius 1 is 1.10 bits per heavy atom. The van der Waals surface area contributed by atoms with E-state index in [4.69, 9.17) is 19.9 Å². The molecule has 2 N–H and O–H groups in total. The standard InChI is InChI=1S/C13H18F3NO4/c1-18-5-6-19-3-2-4-20-12-8-11(21-13(15)16)9(14)7-10(12)17/h7-8,13H,2-6,17H2,1H3. The molecule has 1 aromatic rings. The molecule has 0 heterocycles. The third kappa shape index (κ3) is 6.54. The van der Waals surface area contributed by atoms with E-state index < -0.39 is 18.2 Å². The van der Waals surface area contributed by atoms with E-state index in [1.165, 1.54) is 0 Å². The number of nitrogens with two attached hydrogens (primary N) is 1. The summed E-state index contributed by atoms with van der Waals surface area (Å²) < 4.78 is 56.9. The highest BCUT2D eigenvalue weighted by Crippen LogP contribution is 2.31. The molecule has 120 valence electrons. The summed E-state index contributed by atoms with van der Waals surface area (Å²) in [4.78, 5) is 0. The zero-order valence-electron chi connectivity index (χ0n) is 11.6. The third-order valence-electron chi connectivity index (χ3n) is 2.40. The summed E-state index contributed by atoms with van der Waals surface area (Å²) in [6.45, 7) is -1.45. The maximum absolute atomic E-state index is 13.3. The molecular weight excluding hydrogens is 291 g/mol. The molecule has 0 fully saturated rings. The average Bonchev–Trinajstić information content (AvgIpc) is 2.42. The van der Waals surface area contributed by atoms with E-state index in [2.05, 4.69) is 4.74 Å². The van der Waals surface area contributed by atoms with E-state index in [1.807, 2.05) is 0 Å². The van der Waals surface area contributed by atoms with Gasteiger partial charge in [-0.1, -0.05) is 0 Å². The molecule has 0 bridgehead atoms. The molecule has 0 radical (unpaired) electrons. The normalized spacial score (nSPS) is 10.9. The zero-order valence-corrected chi connectivity index (χ0v) is 11.6. The van der Waals surface area contributed by atoms with E-state index >= 15 is 0 Å². The minimum atomic E-state index is -3.12. The lowest BCUT2D eigenvalue weighted by Gasteiger charge is -2.12. The molecule has 8 heteroatoms. The molecule has 0 aromatic heterocycles. The summed E-state index contributed by atoms with van der Waals surface area (Å²) in [6, 6.07) is 1.88. The summed E-state index contributed by atoms with van der Waals surface area (Å²) in [6.07, 6.45) is 0.561. The van der Waals surface area contributed by atoms with Crippen molar-refractivity contribution in [2.45, 2.75) is 13.0 Å². The summed E-state index contributed by atoms with van der Waals surface area (Å²) in [5.74, 6) is -1.49. The monoisotopic (exact) mass is 309 g/mol. The van der Waals surface area contributed by atoms with Crippen LogP contribution in [0.15, 0.2) is 12.1 Å². The van der Waals surface area contributed by atoms with Gasteiger partial charge >= 0.3 is 6.61 Å². The van der Waals surface area contributed by atoms with Crippen molar-refractivity contribution < 1.29 is 32.1 Å². The van der Waals surface area contributed by atoms with Crippen LogP contribution in [-0.4, -0.2) is 40.1 Å². The molecule has 0 spiro atoms. The zero-order chi connectivity index (χ0) is 15.7. The van der Waals surface area contributed by atoms with Crippen molar-refractivity contribution >= 4 is 5.69 Å². The van der Waals surface area contributed by atoms with Gasteiger partial charge in [-0.05, 0) is 0 Å². The Morgan fingerprint density at radius 3 is 2.52 bits per heavy atom. The predicted octanol–water partition coefficient (Wildman–Crippen LogP) is 2.44. The number of hydrogen-bond donors (Lipinski definition) is 1. The van der Waals surface area contributed by atoms with E-state index in [9.17, 15) is 13.2 Å². The molecule has 0 saturated carbocycles. The van der Waals surface area contributed by atoms with Crippen LogP contribution in [0.4, 0.5) is 18.9 Å². The number of methoxy groups -OCH3 is 1. The quantitative estimate of drug-likeness (QED) is 0.531. The van der Waals surface area contributed by atoms with Gasteiger partial charge in [0.15, 0.2) is 11.6 Å². The van der Waals surface area contributed by atoms with Gasteiger partial charge in [0, 0.05) is 32.3 Å². The lowest BCUT2D eigenvalue weighted by atomic mass is 10.2. The molecule has 0 amide bonds. The molecule has 1 aromatic carbocycles. The van der Waals surface area contributed by atoms with Gasteiger partial charge in [0.25, 0.3) is 0 Å². The maximum Gasteiger partial charge on any atom is 0.387 e. The van der Waals surface area contributed by atoms with Crippen LogP contribution in [0.3, 0.4) is 0 Å². The van der Waals surface area contributed by atoms with Crippen molar-refractivity contribution in [3.8, 4) is 11.5 Å². The second kappa shape index (κ2) is 9.30. The molecule has 0 aliphatic carbocycles. The topological polar surface area (TPSA) is 62.9 Å². The van der Waals surface area contributed by atoms with Crippen LogP contribution in [-0.2, 0) is 9.47 Å². The number of hydrogen-bond acceptors (Lipinski definition) is 5. The number of anilines is 1. The van der Waals surface area contributed by atoms with Crippen LogP contribution in [0.25, 0.3) is 0 Å².